The molecule has 1 atom stereocenters. The third kappa shape index (κ3) is 3.62. The summed E-state index contributed by atoms with van der Waals surface area (Å²) < 4.78 is 6.39. The van der Waals surface area contributed by atoms with Gasteiger partial charge >= 0.3 is 0 Å². The maximum absolute atomic E-state index is 9.52. The molecule has 1 aliphatic heterocycles. The van der Waals surface area contributed by atoms with Gasteiger partial charge in [0.15, 0.2) is 0 Å². The highest BCUT2D eigenvalue weighted by Gasteiger charge is 2.29. The number of aromatic hydroxyl groups is 1. The van der Waals surface area contributed by atoms with E-state index in [0.29, 0.717) is 5.69 Å². The molecule has 1 unspecified atom stereocenters. The Balaban J connectivity index is 1.96. The van der Waals surface area contributed by atoms with Gasteiger partial charge in [-0.2, -0.15) is 0 Å². The molecule has 0 spiro atoms. The number of phenolic OH excluding ortho intramolecular Hbond substituents is 1. The van der Waals surface area contributed by atoms with Crippen molar-refractivity contribution in [3.63, 3.8) is 0 Å². The fraction of sp³-hybridized carbons (Fsp3) is 0.304. The van der Waals surface area contributed by atoms with Crippen LogP contribution in [0.15, 0.2) is 48.1 Å². The van der Waals surface area contributed by atoms with Crippen LogP contribution in [-0.4, -0.2) is 10.7 Å². The van der Waals surface area contributed by atoms with E-state index in [1.165, 1.54) is 5.57 Å². The molecular weight excluding hydrogens is 322 g/mol. The Labute approximate surface area is 155 Å². The third-order valence-electron chi connectivity index (χ3n) is 4.85. The van der Waals surface area contributed by atoms with Crippen LogP contribution in [0.4, 0.5) is 5.69 Å². The van der Waals surface area contributed by atoms with Crippen molar-refractivity contribution in [1.82, 2.24) is 0 Å². The zero-order chi connectivity index (χ0) is 18.9. The summed E-state index contributed by atoms with van der Waals surface area (Å²) >= 11 is 0. The third-order valence-corrected chi connectivity index (χ3v) is 4.85. The van der Waals surface area contributed by atoms with Crippen LogP contribution >= 0.6 is 0 Å². The summed E-state index contributed by atoms with van der Waals surface area (Å²) in [7, 11) is 0. The summed E-state index contributed by atoms with van der Waals surface area (Å²) in [5.41, 5.74) is 12.1. The monoisotopic (exact) mass is 349 g/mol. The van der Waals surface area contributed by atoms with Crippen molar-refractivity contribution in [2.45, 2.75) is 46.1 Å². The van der Waals surface area contributed by atoms with Crippen molar-refractivity contribution in [2.75, 3.05) is 5.73 Å². The number of phenols is 1. The predicted octanol–water partition coefficient (Wildman–Crippen LogP) is 5.86. The van der Waals surface area contributed by atoms with Crippen LogP contribution in [0.2, 0.25) is 0 Å². The molecule has 0 aliphatic carbocycles. The Morgan fingerprint density at radius 3 is 2.58 bits per heavy atom. The highest BCUT2D eigenvalue weighted by atomic mass is 16.5. The zero-order valence-electron chi connectivity index (χ0n) is 16.0. The molecule has 26 heavy (non-hydrogen) atoms. The van der Waals surface area contributed by atoms with Gasteiger partial charge < -0.3 is 15.6 Å². The van der Waals surface area contributed by atoms with Gasteiger partial charge in [0, 0.05) is 11.1 Å². The number of allylic oxidation sites excluding steroid dienone is 2. The Bertz CT molecular complexity index is 874. The first-order valence-electron chi connectivity index (χ1n) is 9.03. The van der Waals surface area contributed by atoms with Crippen molar-refractivity contribution in [2.24, 2.45) is 0 Å². The number of anilines is 1. The number of benzene rings is 2. The average Bonchev–Trinajstić information content (AvgIpc) is 2.58. The molecule has 0 fully saturated rings. The number of nitrogen functional groups attached to an aromatic ring is 1. The first-order valence-corrected chi connectivity index (χ1v) is 9.03. The van der Waals surface area contributed by atoms with Crippen molar-refractivity contribution in [3.8, 4) is 22.6 Å². The molecule has 0 aromatic heterocycles. The molecule has 2 aromatic rings. The Morgan fingerprint density at radius 1 is 1.23 bits per heavy atom. The Hall–Kier alpha value is -2.68. The van der Waals surface area contributed by atoms with Crippen LogP contribution < -0.4 is 10.5 Å². The van der Waals surface area contributed by atoms with Crippen molar-refractivity contribution in [3.05, 3.63) is 59.2 Å². The maximum atomic E-state index is 9.52. The van der Waals surface area contributed by atoms with Gasteiger partial charge in [0.25, 0.3) is 0 Å². The summed E-state index contributed by atoms with van der Waals surface area (Å²) in [5, 5.41) is 9.52. The topological polar surface area (TPSA) is 55.5 Å². The number of nitrogens with two attached hydrogens (primary N) is 1. The van der Waals surface area contributed by atoms with Gasteiger partial charge in [-0.15, -0.1) is 0 Å². The molecule has 0 saturated heterocycles. The van der Waals surface area contributed by atoms with E-state index < -0.39 is 0 Å². The van der Waals surface area contributed by atoms with Gasteiger partial charge in [-0.3, -0.25) is 0 Å². The predicted molar refractivity (Wildman–Crippen MR) is 109 cm³/mol. The summed E-state index contributed by atoms with van der Waals surface area (Å²) in [5.74, 6) is 1.12. The van der Waals surface area contributed by atoms with Gasteiger partial charge in [0.2, 0.25) is 0 Å². The minimum Gasteiger partial charge on any atom is -0.508 e. The fourth-order valence-electron chi connectivity index (χ4n) is 3.33. The van der Waals surface area contributed by atoms with Gasteiger partial charge in [-0.05, 0) is 82.0 Å². The van der Waals surface area contributed by atoms with Gasteiger partial charge in [0.1, 0.15) is 17.1 Å². The van der Waals surface area contributed by atoms with E-state index in [-0.39, 0.29) is 11.4 Å². The second-order valence-corrected chi connectivity index (χ2v) is 7.51. The largest absolute Gasteiger partial charge is 0.508 e. The number of hydrogen-bond acceptors (Lipinski definition) is 3. The number of ether oxygens (including phenoxy) is 1. The van der Waals surface area contributed by atoms with Gasteiger partial charge in [0.05, 0.1) is 5.69 Å². The van der Waals surface area contributed by atoms with E-state index in [4.69, 9.17) is 10.5 Å². The molecule has 1 aliphatic rings. The lowest BCUT2D eigenvalue weighted by molar-refractivity contribution is 0.128. The van der Waals surface area contributed by atoms with E-state index in [2.05, 4.69) is 52.0 Å². The fourth-order valence-corrected chi connectivity index (χ4v) is 3.33. The minimum absolute atomic E-state index is 0.248. The van der Waals surface area contributed by atoms with Crippen LogP contribution in [0.3, 0.4) is 0 Å². The molecule has 2 aromatic carbocycles. The molecule has 136 valence electrons. The van der Waals surface area contributed by atoms with Crippen LogP contribution in [0.1, 0.15) is 44.7 Å². The minimum atomic E-state index is -0.323. The lowest BCUT2D eigenvalue weighted by Crippen LogP contribution is -2.32. The van der Waals surface area contributed by atoms with E-state index in [1.54, 1.807) is 12.1 Å². The SMILES string of the molecule is CC(C)=CCCC1(C)C=Cc2c(N)c(-c3ccc(O)cc3)cc(C)c2O1. The molecule has 1 heterocycles. The molecule has 3 nitrogen and oxygen atoms in total. The number of rotatable bonds is 4. The number of fused-ring (bicyclic) bond motifs is 1. The lowest BCUT2D eigenvalue weighted by atomic mass is 9.90. The van der Waals surface area contributed by atoms with Crippen LogP contribution in [-0.2, 0) is 0 Å². The standard InChI is InChI=1S/C23H27NO2/c1-15(2)6-5-12-23(4)13-11-19-21(24)20(14-16(3)22(19)26-23)17-7-9-18(25)10-8-17/h6-11,13-14,25H,5,12,24H2,1-4H3. The number of hydrogen-bond donors (Lipinski definition) is 2. The van der Waals surface area contributed by atoms with Crippen molar-refractivity contribution >= 4 is 11.8 Å². The summed E-state index contributed by atoms with van der Waals surface area (Å²) in [6, 6.07) is 9.18. The van der Waals surface area contributed by atoms with E-state index in [1.807, 2.05) is 12.1 Å². The molecular formula is C23H27NO2. The highest BCUT2D eigenvalue weighted by molar-refractivity contribution is 5.87. The molecule has 3 rings (SSSR count). The summed E-state index contributed by atoms with van der Waals surface area (Å²) in [6.45, 7) is 8.41. The highest BCUT2D eigenvalue weighted by Crippen LogP contribution is 2.43. The normalized spacial score (nSPS) is 18.2. The van der Waals surface area contributed by atoms with E-state index in [0.717, 1.165) is 40.8 Å². The second-order valence-electron chi connectivity index (χ2n) is 7.51. The molecule has 3 heteroatoms. The zero-order valence-corrected chi connectivity index (χ0v) is 16.0. The summed E-state index contributed by atoms with van der Waals surface area (Å²) in [4.78, 5) is 0. The average molecular weight is 349 g/mol. The van der Waals surface area contributed by atoms with Crippen LogP contribution in [0, 0.1) is 6.92 Å². The van der Waals surface area contributed by atoms with E-state index in [9.17, 15) is 5.11 Å². The molecule has 0 radical (unpaired) electrons. The van der Waals surface area contributed by atoms with Gasteiger partial charge in [-0.25, -0.2) is 0 Å². The first kappa shape index (κ1) is 18.1. The number of aryl methyl sites for hydroxylation is 1. The van der Waals surface area contributed by atoms with Crippen LogP contribution in [0.25, 0.3) is 17.2 Å². The Morgan fingerprint density at radius 2 is 1.92 bits per heavy atom. The molecule has 0 bridgehead atoms. The quantitative estimate of drug-likeness (QED) is 0.537. The van der Waals surface area contributed by atoms with Crippen molar-refractivity contribution in [1.29, 1.82) is 0 Å². The second kappa shape index (κ2) is 6.91. The van der Waals surface area contributed by atoms with Gasteiger partial charge in [-0.1, -0.05) is 23.8 Å². The lowest BCUT2D eigenvalue weighted by Gasteiger charge is -2.33. The molecule has 3 N–H and O–H groups in total. The first-order chi connectivity index (χ1) is 12.3. The molecule has 0 saturated carbocycles. The summed E-state index contributed by atoms with van der Waals surface area (Å²) in [6.07, 6.45) is 8.36. The Kier molecular flexibility index (Phi) is 4.82. The van der Waals surface area contributed by atoms with Crippen LogP contribution in [0.5, 0.6) is 11.5 Å². The molecule has 0 amide bonds. The van der Waals surface area contributed by atoms with Crippen molar-refractivity contribution < 1.29 is 9.84 Å². The maximum Gasteiger partial charge on any atom is 0.132 e. The smallest absolute Gasteiger partial charge is 0.132 e. The van der Waals surface area contributed by atoms with E-state index >= 15 is 0 Å².